The molecule has 10 heteroatoms. The molecule has 0 fully saturated rings. The van der Waals surface area contributed by atoms with E-state index in [9.17, 15) is 14.0 Å². The van der Waals surface area contributed by atoms with Gasteiger partial charge >= 0.3 is 6.09 Å². The van der Waals surface area contributed by atoms with Crippen LogP contribution in [0.15, 0.2) is 42.0 Å². The molecule has 0 aliphatic rings. The summed E-state index contributed by atoms with van der Waals surface area (Å²) >= 11 is 1.21. The van der Waals surface area contributed by atoms with Crippen LogP contribution in [0.2, 0.25) is 0 Å². The number of halogens is 1. The molecule has 0 radical (unpaired) electrons. The summed E-state index contributed by atoms with van der Waals surface area (Å²) in [5.74, 6) is -0.748. The third-order valence-corrected chi connectivity index (χ3v) is 4.20. The minimum atomic E-state index is -0.725. The Kier molecular flexibility index (Phi) is 5.83. The van der Waals surface area contributed by atoms with E-state index in [1.165, 1.54) is 17.4 Å². The van der Waals surface area contributed by atoms with Crippen LogP contribution in [0.3, 0.4) is 0 Å². The van der Waals surface area contributed by atoms with Crippen molar-refractivity contribution in [3.63, 3.8) is 0 Å². The number of thiazole rings is 1. The summed E-state index contributed by atoms with van der Waals surface area (Å²) < 4.78 is 18.9. The van der Waals surface area contributed by atoms with Crippen molar-refractivity contribution in [2.75, 3.05) is 10.6 Å². The second-order valence-corrected chi connectivity index (χ2v) is 7.74. The van der Waals surface area contributed by atoms with Crippen LogP contribution in [0.5, 0.6) is 0 Å². The number of ether oxygens (including phenoxy) is 1. The van der Waals surface area contributed by atoms with E-state index < -0.39 is 23.4 Å². The molecular weight excluding hydrogens is 397 g/mol. The van der Waals surface area contributed by atoms with E-state index >= 15 is 0 Å². The maximum absolute atomic E-state index is 13.7. The first-order valence-corrected chi connectivity index (χ1v) is 9.43. The summed E-state index contributed by atoms with van der Waals surface area (Å²) in [6, 6.07) is 5.27. The number of hydrogen-bond donors (Lipinski definition) is 2. The van der Waals surface area contributed by atoms with Gasteiger partial charge in [0.15, 0.2) is 10.8 Å². The molecule has 8 nitrogen and oxygen atoms in total. The van der Waals surface area contributed by atoms with E-state index in [2.05, 4.69) is 25.6 Å². The highest BCUT2D eigenvalue weighted by Gasteiger charge is 2.19. The van der Waals surface area contributed by atoms with Gasteiger partial charge in [0.25, 0.3) is 5.91 Å². The lowest BCUT2D eigenvalue weighted by Gasteiger charge is -2.20. The van der Waals surface area contributed by atoms with Crippen molar-refractivity contribution in [1.29, 1.82) is 0 Å². The summed E-state index contributed by atoms with van der Waals surface area (Å²) in [7, 11) is 0. The zero-order chi connectivity index (χ0) is 21.0. The van der Waals surface area contributed by atoms with Crippen LogP contribution in [0.1, 0.15) is 31.3 Å². The maximum Gasteiger partial charge on any atom is 0.412 e. The first kappa shape index (κ1) is 20.3. The zero-order valence-corrected chi connectivity index (χ0v) is 16.7. The lowest BCUT2D eigenvalue weighted by molar-refractivity contribution is 0.0635. The van der Waals surface area contributed by atoms with E-state index in [4.69, 9.17) is 4.74 Å². The molecule has 0 saturated carbocycles. The number of hydrogen-bond acceptors (Lipinski definition) is 7. The molecule has 2 heterocycles. The van der Waals surface area contributed by atoms with E-state index in [0.29, 0.717) is 10.8 Å². The normalized spacial score (nSPS) is 11.0. The van der Waals surface area contributed by atoms with Crippen molar-refractivity contribution in [1.82, 2.24) is 15.0 Å². The molecular formula is C19H18FN5O3S. The number of anilines is 2. The van der Waals surface area contributed by atoms with Crippen molar-refractivity contribution >= 4 is 34.7 Å². The van der Waals surface area contributed by atoms with Gasteiger partial charge < -0.3 is 10.1 Å². The van der Waals surface area contributed by atoms with Crippen LogP contribution in [-0.4, -0.2) is 32.6 Å². The summed E-state index contributed by atoms with van der Waals surface area (Å²) in [5, 5.41) is 7.07. The predicted molar refractivity (Wildman–Crippen MR) is 107 cm³/mol. The smallest absolute Gasteiger partial charge is 0.412 e. The Hall–Kier alpha value is -3.40. The van der Waals surface area contributed by atoms with Crippen LogP contribution in [0.25, 0.3) is 10.8 Å². The zero-order valence-electron chi connectivity index (χ0n) is 15.9. The Morgan fingerprint density at radius 2 is 1.83 bits per heavy atom. The SMILES string of the molecule is CC(C)(C)OC(=O)Nc1ccc(F)cc1NC(=O)c1csc(-c2ncccn2)n1. The highest BCUT2D eigenvalue weighted by molar-refractivity contribution is 7.13. The number of nitrogens with zero attached hydrogens (tertiary/aromatic N) is 3. The molecule has 0 atom stereocenters. The van der Waals surface area contributed by atoms with Crippen LogP contribution >= 0.6 is 11.3 Å². The Bertz CT molecular complexity index is 1030. The standard InChI is InChI=1S/C19H18FN5O3S/c1-19(2,3)28-18(27)25-12-6-5-11(20)9-13(12)23-16(26)14-10-29-17(24-14)15-21-7-4-8-22-15/h4-10H,1-3H3,(H,23,26)(H,25,27). The first-order valence-electron chi connectivity index (χ1n) is 8.55. The van der Waals surface area contributed by atoms with Gasteiger partial charge in [-0.3, -0.25) is 10.1 Å². The summed E-state index contributed by atoms with van der Waals surface area (Å²) in [5.41, 5.74) is -0.323. The van der Waals surface area contributed by atoms with E-state index in [0.717, 1.165) is 12.1 Å². The Morgan fingerprint density at radius 3 is 2.52 bits per heavy atom. The van der Waals surface area contributed by atoms with Crippen molar-refractivity contribution in [2.45, 2.75) is 26.4 Å². The molecule has 0 unspecified atom stereocenters. The molecule has 29 heavy (non-hydrogen) atoms. The molecule has 0 saturated heterocycles. The van der Waals surface area contributed by atoms with Gasteiger partial charge in [-0.2, -0.15) is 0 Å². The minimum Gasteiger partial charge on any atom is -0.444 e. The maximum atomic E-state index is 13.7. The van der Waals surface area contributed by atoms with Gasteiger partial charge in [-0.1, -0.05) is 0 Å². The fraction of sp³-hybridized carbons (Fsp3) is 0.211. The molecule has 0 bridgehead atoms. The monoisotopic (exact) mass is 415 g/mol. The Morgan fingerprint density at radius 1 is 1.10 bits per heavy atom. The van der Waals surface area contributed by atoms with Gasteiger partial charge in [0.2, 0.25) is 0 Å². The summed E-state index contributed by atoms with van der Waals surface area (Å²) in [6.45, 7) is 5.16. The molecule has 0 spiro atoms. The summed E-state index contributed by atoms with van der Waals surface area (Å²) in [6.07, 6.45) is 2.42. The fourth-order valence-corrected chi connectivity index (χ4v) is 2.96. The van der Waals surface area contributed by atoms with Crippen molar-refractivity contribution in [3.05, 3.63) is 53.6 Å². The number of benzene rings is 1. The number of rotatable bonds is 4. The predicted octanol–water partition coefficient (Wildman–Crippen LogP) is 4.34. The van der Waals surface area contributed by atoms with Gasteiger partial charge in [0, 0.05) is 17.8 Å². The third kappa shape index (κ3) is 5.55. The van der Waals surface area contributed by atoms with Gasteiger partial charge in [0.05, 0.1) is 11.4 Å². The molecule has 1 aromatic carbocycles. The molecule has 0 aliphatic heterocycles. The van der Waals surface area contributed by atoms with Gasteiger partial charge in [-0.15, -0.1) is 11.3 Å². The van der Waals surface area contributed by atoms with Crippen molar-refractivity contribution in [3.8, 4) is 10.8 Å². The Labute approximate surface area is 170 Å². The van der Waals surface area contributed by atoms with E-state index in [1.54, 1.807) is 44.6 Å². The average molecular weight is 415 g/mol. The molecule has 150 valence electrons. The third-order valence-electron chi connectivity index (χ3n) is 3.36. The molecule has 3 rings (SSSR count). The van der Waals surface area contributed by atoms with Crippen LogP contribution in [0, 0.1) is 5.82 Å². The Balaban J connectivity index is 1.77. The second-order valence-electron chi connectivity index (χ2n) is 6.88. The second kappa shape index (κ2) is 8.31. The topological polar surface area (TPSA) is 106 Å². The van der Waals surface area contributed by atoms with Crippen LogP contribution in [-0.2, 0) is 4.74 Å². The van der Waals surface area contributed by atoms with Gasteiger partial charge in [-0.25, -0.2) is 24.1 Å². The largest absolute Gasteiger partial charge is 0.444 e. The fourth-order valence-electron chi connectivity index (χ4n) is 2.22. The van der Waals surface area contributed by atoms with Crippen LogP contribution in [0.4, 0.5) is 20.6 Å². The van der Waals surface area contributed by atoms with Crippen molar-refractivity contribution in [2.24, 2.45) is 0 Å². The number of aromatic nitrogens is 3. The number of amides is 2. The highest BCUT2D eigenvalue weighted by atomic mass is 32.1. The minimum absolute atomic E-state index is 0.0753. The number of nitrogens with one attached hydrogen (secondary N) is 2. The number of carbonyl (C=O) groups excluding carboxylic acids is 2. The van der Waals surface area contributed by atoms with Gasteiger partial charge in [0.1, 0.15) is 17.1 Å². The molecule has 2 N–H and O–H groups in total. The highest BCUT2D eigenvalue weighted by Crippen LogP contribution is 2.25. The number of carbonyl (C=O) groups is 2. The molecule has 0 aliphatic carbocycles. The molecule has 3 aromatic rings. The first-order chi connectivity index (χ1) is 13.7. The molecule has 2 amide bonds. The van der Waals surface area contributed by atoms with Gasteiger partial charge in [-0.05, 0) is 45.0 Å². The average Bonchev–Trinajstić information content (AvgIpc) is 3.13. The lowest BCUT2D eigenvalue weighted by atomic mass is 10.2. The quantitative estimate of drug-likeness (QED) is 0.657. The van der Waals surface area contributed by atoms with E-state index in [-0.39, 0.29) is 17.1 Å². The van der Waals surface area contributed by atoms with Crippen LogP contribution < -0.4 is 10.6 Å². The molecule has 2 aromatic heterocycles. The van der Waals surface area contributed by atoms with E-state index in [1.807, 2.05) is 0 Å². The summed E-state index contributed by atoms with van der Waals surface area (Å²) in [4.78, 5) is 37.0. The van der Waals surface area contributed by atoms with Crippen molar-refractivity contribution < 1.29 is 18.7 Å². The lowest BCUT2D eigenvalue weighted by Crippen LogP contribution is -2.27.